The van der Waals surface area contributed by atoms with E-state index in [4.69, 9.17) is 0 Å². The van der Waals surface area contributed by atoms with Gasteiger partial charge in [0.15, 0.2) is 0 Å². The first-order valence-corrected chi connectivity index (χ1v) is 6.14. The third kappa shape index (κ3) is 4.73. The van der Waals surface area contributed by atoms with Crippen molar-refractivity contribution in [3.63, 3.8) is 0 Å². The molecule has 4 heteroatoms. The van der Waals surface area contributed by atoms with Crippen molar-refractivity contribution in [2.24, 2.45) is 5.41 Å². The van der Waals surface area contributed by atoms with Gasteiger partial charge in [-0.1, -0.05) is 20.8 Å². The Morgan fingerprint density at radius 2 is 1.72 bits per heavy atom. The van der Waals surface area contributed by atoms with Crippen molar-refractivity contribution in [1.29, 1.82) is 0 Å². The first-order chi connectivity index (χ1) is 8.08. The number of nitrogens with one attached hydrogen (secondary N) is 2. The fourth-order valence-electron chi connectivity index (χ4n) is 1.24. The second-order valence-corrected chi connectivity index (χ2v) is 6.51. The summed E-state index contributed by atoms with van der Waals surface area (Å²) in [5.41, 5.74) is 0.292. The molecule has 1 aromatic rings. The van der Waals surface area contributed by atoms with Crippen LogP contribution >= 0.6 is 0 Å². The van der Waals surface area contributed by atoms with E-state index in [1.807, 2.05) is 32.9 Å². The number of aromatic nitrogens is 1. The summed E-state index contributed by atoms with van der Waals surface area (Å²) in [6.07, 6.45) is 1.66. The molecule has 1 heterocycles. The predicted octanol–water partition coefficient (Wildman–Crippen LogP) is 3.28. The van der Waals surface area contributed by atoms with Crippen LogP contribution in [0.3, 0.4) is 0 Å². The van der Waals surface area contributed by atoms with Gasteiger partial charge in [-0.15, -0.1) is 0 Å². The minimum Gasteiger partial charge on any atom is -0.365 e. The molecular formula is C14H23N3O. The zero-order chi connectivity index (χ0) is 14.0. The van der Waals surface area contributed by atoms with Crippen molar-refractivity contribution in [3.05, 3.63) is 18.3 Å². The highest BCUT2D eigenvalue weighted by Gasteiger charge is 2.21. The van der Waals surface area contributed by atoms with E-state index in [1.54, 1.807) is 6.20 Å². The van der Waals surface area contributed by atoms with Crippen molar-refractivity contribution in [2.75, 3.05) is 10.6 Å². The van der Waals surface area contributed by atoms with Gasteiger partial charge < -0.3 is 10.6 Å². The summed E-state index contributed by atoms with van der Waals surface area (Å²) in [6.45, 7) is 11.9. The third-order valence-electron chi connectivity index (χ3n) is 2.21. The second-order valence-electron chi connectivity index (χ2n) is 6.51. The Morgan fingerprint density at radius 3 is 2.11 bits per heavy atom. The zero-order valence-electron chi connectivity index (χ0n) is 12.1. The van der Waals surface area contributed by atoms with Crippen molar-refractivity contribution >= 4 is 17.4 Å². The molecule has 0 saturated heterocycles. The lowest BCUT2D eigenvalue weighted by Gasteiger charge is -2.21. The number of nitrogens with zero attached hydrogens (tertiary/aromatic N) is 1. The molecule has 0 atom stereocenters. The van der Waals surface area contributed by atoms with Gasteiger partial charge in [-0.25, -0.2) is 4.98 Å². The Morgan fingerprint density at radius 1 is 1.11 bits per heavy atom. The molecule has 0 aliphatic carbocycles. The summed E-state index contributed by atoms with van der Waals surface area (Å²) < 4.78 is 0. The average molecular weight is 249 g/mol. The molecule has 0 radical (unpaired) electrons. The molecule has 0 fully saturated rings. The van der Waals surface area contributed by atoms with E-state index in [-0.39, 0.29) is 11.4 Å². The Bertz CT molecular complexity index is 410. The van der Waals surface area contributed by atoms with E-state index in [1.165, 1.54) is 0 Å². The molecule has 0 spiro atoms. The molecule has 4 nitrogen and oxygen atoms in total. The molecular weight excluding hydrogens is 226 g/mol. The van der Waals surface area contributed by atoms with E-state index < -0.39 is 5.41 Å². The molecule has 1 rings (SSSR count). The highest BCUT2D eigenvalue weighted by atomic mass is 16.2. The summed E-state index contributed by atoms with van der Waals surface area (Å²) in [7, 11) is 0. The standard InChI is InChI=1S/C14H23N3O/c1-13(2,3)12(18)16-10-7-8-11(15-9-10)17-14(4,5)6/h7-9H,1-6H3,(H,15,17)(H,16,18). The van der Waals surface area contributed by atoms with Crippen LogP contribution in [0.1, 0.15) is 41.5 Å². The number of anilines is 2. The number of pyridine rings is 1. The van der Waals surface area contributed by atoms with Crippen LogP contribution in [-0.4, -0.2) is 16.4 Å². The van der Waals surface area contributed by atoms with Crippen LogP contribution in [0.4, 0.5) is 11.5 Å². The number of carbonyl (C=O) groups excluding carboxylic acids is 1. The smallest absolute Gasteiger partial charge is 0.229 e. The Labute approximate surface area is 109 Å². The summed E-state index contributed by atoms with van der Waals surface area (Å²) in [5.74, 6) is 0.789. The topological polar surface area (TPSA) is 54.0 Å². The third-order valence-corrected chi connectivity index (χ3v) is 2.21. The highest BCUT2D eigenvalue weighted by molar-refractivity contribution is 5.94. The van der Waals surface area contributed by atoms with Gasteiger partial charge >= 0.3 is 0 Å². The van der Waals surface area contributed by atoms with Gasteiger partial charge in [0.2, 0.25) is 5.91 Å². The first kappa shape index (κ1) is 14.5. The molecule has 0 saturated carbocycles. The molecule has 2 N–H and O–H groups in total. The van der Waals surface area contributed by atoms with Crippen LogP contribution in [0.5, 0.6) is 0 Å². The van der Waals surface area contributed by atoms with Crippen LogP contribution < -0.4 is 10.6 Å². The van der Waals surface area contributed by atoms with Crippen LogP contribution in [0.15, 0.2) is 18.3 Å². The Balaban J connectivity index is 2.70. The van der Waals surface area contributed by atoms with Crippen LogP contribution in [0, 0.1) is 5.41 Å². The molecule has 18 heavy (non-hydrogen) atoms. The molecule has 0 aliphatic heterocycles. The van der Waals surface area contributed by atoms with Gasteiger partial charge in [-0.2, -0.15) is 0 Å². The average Bonchev–Trinajstić information content (AvgIpc) is 2.17. The molecule has 0 unspecified atom stereocenters. The lowest BCUT2D eigenvalue weighted by molar-refractivity contribution is -0.123. The van der Waals surface area contributed by atoms with Crippen molar-refractivity contribution in [2.45, 2.75) is 47.1 Å². The summed E-state index contributed by atoms with van der Waals surface area (Å²) in [5, 5.41) is 6.11. The monoisotopic (exact) mass is 249 g/mol. The molecule has 100 valence electrons. The fourth-order valence-corrected chi connectivity index (χ4v) is 1.24. The van der Waals surface area contributed by atoms with Crippen LogP contribution in [0.25, 0.3) is 0 Å². The summed E-state index contributed by atoms with van der Waals surface area (Å²) >= 11 is 0. The van der Waals surface area contributed by atoms with E-state index in [9.17, 15) is 4.79 Å². The maximum absolute atomic E-state index is 11.8. The summed E-state index contributed by atoms with van der Waals surface area (Å²) in [6, 6.07) is 3.72. The molecule has 1 aromatic heterocycles. The fraction of sp³-hybridized carbons (Fsp3) is 0.571. The number of carbonyl (C=O) groups is 1. The summed E-state index contributed by atoms with van der Waals surface area (Å²) in [4.78, 5) is 16.1. The molecule has 1 amide bonds. The van der Waals surface area contributed by atoms with Crippen molar-refractivity contribution in [3.8, 4) is 0 Å². The van der Waals surface area contributed by atoms with E-state index in [0.717, 1.165) is 11.5 Å². The molecule has 0 aromatic carbocycles. The van der Waals surface area contributed by atoms with Gasteiger partial charge in [0.1, 0.15) is 5.82 Å². The van der Waals surface area contributed by atoms with Gasteiger partial charge in [0.05, 0.1) is 11.9 Å². The minimum atomic E-state index is -0.400. The molecule has 0 aliphatic rings. The Kier molecular flexibility index (Phi) is 3.99. The lowest BCUT2D eigenvalue weighted by Crippen LogP contribution is -2.28. The number of hydrogen-bond acceptors (Lipinski definition) is 3. The normalized spacial score (nSPS) is 12.1. The highest BCUT2D eigenvalue weighted by Crippen LogP contribution is 2.18. The lowest BCUT2D eigenvalue weighted by atomic mass is 9.96. The first-order valence-electron chi connectivity index (χ1n) is 6.14. The van der Waals surface area contributed by atoms with Gasteiger partial charge in [0, 0.05) is 11.0 Å². The number of rotatable bonds is 2. The van der Waals surface area contributed by atoms with Gasteiger partial charge in [-0.3, -0.25) is 4.79 Å². The van der Waals surface area contributed by atoms with E-state index >= 15 is 0 Å². The zero-order valence-corrected chi connectivity index (χ0v) is 12.1. The van der Waals surface area contributed by atoms with E-state index in [0.29, 0.717) is 0 Å². The Hall–Kier alpha value is -1.58. The van der Waals surface area contributed by atoms with Crippen LogP contribution in [-0.2, 0) is 4.79 Å². The minimum absolute atomic E-state index is 0.0131. The number of hydrogen-bond donors (Lipinski definition) is 2. The SMILES string of the molecule is CC(C)(C)Nc1ccc(NC(=O)C(C)(C)C)cn1. The van der Waals surface area contributed by atoms with Crippen molar-refractivity contribution in [1.82, 2.24) is 4.98 Å². The largest absolute Gasteiger partial charge is 0.365 e. The van der Waals surface area contributed by atoms with Crippen molar-refractivity contribution < 1.29 is 4.79 Å². The predicted molar refractivity (Wildman–Crippen MR) is 75.7 cm³/mol. The van der Waals surface area contributed by atoms with Crippen LogP contribution in [0.2, 0.25) is 0 Å². The number of amides is 1. The quantitative estimate of drug-likeness (QED) is 0.845. The van der Waals surface area contributed by atoms with Gasteiger partial charge in [-0.05, 0) is 32.9 Å². The van der Waals surface area contributed by atoms with E-state index in [2.05, 4.69) is 36.4 Å². The maximum Gasteiger partial charge on any atom is 0.229 e. The maximum atomic E-state index is 11.8. The van der Waals surface area contributed by atoms with Gasteiger partial charge in [0.25, 0.3) is 0 Å². The second kappa shape index (κ2) is 4.96. The molecule has 0 bridgehead atoms.